The van der Waals surface area contributed by atoms with Crippen molar-refractivity contribution >= 4 is 5.95 Å². The second-order valence-corrected chi connectivity index (χ2v) is 4.08. The number of halogens is 1. The highest BCUT2D eigenvalue weighted by molar-refractivity contribution is 5.43. The fourth-order valence-electron chi connectivity index (χ4n) is 1.91. The van der Waals surface area contributed by atoms with Crippen LogP contribution >= 0.6 is 0 Å². The standard InChI is InChI=1S/C14H13FN4/c1-2-12-10(8-16)13(19-14(17)18-12)7-9-5-3-4-6-11(9)15/h3-6H,2,7H2,1H3,(H2,17,18,19). The summed E-state index contributed by atoms with van der Waals surface area (Å²) < 4.78 is 13.6. The summed E-state index contributed by atoms with van der Waals surface area (Å²) >= 11 is 0. The van der Waals surface area contributed by atoms with Gasteiger partial charge in [0.25, 0.3) is 0 Å². The monoisotopic (exact) mass is 256 g/mol. The zero-order valence-corrected chi connectivity index (χ0v) is 10.5. The van der Waals surface area contributed by atoms with E-state index in [2.05, 4.69) is 16.0 Å². The predicted molar refractivity (Wildman–Crippen MR) is 69.7 cm³/mol. The van der Waals surface area contributed by atoms with Crippen LogP contribution in [0.2, 0.25) is 0 Å². The van der Waals surface area contributed by atoms with Gasteiger partial charge in [0.05, 0.1) is 17.0 Å². The number of hydrogen-bond donors (Lipinski definition) is 1. The lowest BCUT2D eigenvalue weighted by atomic mass is 10.0. The number of nitriles is 1. The molecule has 2 rings (SSSR count). The van der Waals surface area contributed by atoms with Crippen molar-refractivity contribution in [3.8, 4) is 6.07 Å². The molecule has 0 aliphatic heterocycles. The number of nitrogens with two attached hydrogens (primary N) is 1. The third kappa shape index (κ3) is 2.68. The number of hydrogen-bond acceptors (Lipinski definition) is 4. The van der Waals surface area contributed by atoms with Gasteiger partial charge >= 0.3 is 0 Å². The Bertz CT molecular complexity index is 646. The van der Waals surface area contributed by atoms with Crippen molar-refractivity contribution in [2.75, 3.05) is 5.73 Å². The smallest absolute Gasteiger partial charge is 0.220 e. The summed E-state index contributed by atoms with van der Waals surface area (Å²) in [5, 5.41) is 9.20. The zero-order chi connectivity index (χ0) is 13.8. The lowest BCUT2D eigenvalue weighted by Gasteiger charge is -2.08. The molecule has 0 saturated carbocycles. The topological polar surface area (TPSA) is 75.6 Å². The van der Waals surface area contributed by atoms with Gasteiger partial charge in [-0.05, 0) is 18.1 Å². The highest BCUT2D eigenvalue weighted by Gasteiger charge is 2.14. The second-order valence-electron chi connectivity index (χ2n) is 4.08. The Morgan fingerprint density at radius 3 is 2.58 bits per heavy atom. The zero-order valence-electron chi connectivity index (χ0n) is 10.5. The van der Waals surface area contributed by atoms with E-state index in [1.54, 1.807) is 18.2 Å². The van der Waals surface area contributed by atoms with Crippen LogP contribution in [0.3, 0.4) is 0 Å². The van der Waals surface area contributed by atoms with Gasteiger partial charge in [-0.15, -0.1) is 0 Å². The molecule has 4 nitrogen and oxygen atoms in total. The fourth-order valence-corrected chi connectivity index (χ4v) is 1.91. The van der Waals surface area contributed by atoms with Crippen molar-refractivity contribution in [3.05, 3.63) is 52.6 Å². The number of aromatic nitrogens is 2. The van der Waals surface area contributed by atoms with Gasteiger partial charge in [-0.2, -0.15) is 5.26 Å². The molecule has 1 aromatic carbocycles. The van der Waals surface area contributed by atoms with E-state index in [9.17, 15) is 9.65 Å². The Labute approximate surface area is 110 Å². The van der Waals surface area contributed by atoms with Gasteiger partial charge in [-0.25, -0.2) is 14.4 Å². The molecule has 2 aromatic rings. The first-order chi connectivity index (χ1) is 9.15. The molecule has 0 unspecified atom stereocenters. The van der Waals surface area contributed by atoms with Gasteiger partial charge in [0.1, 0.15) is 11.9 Å². The van der Waals surface area contributed by atoms with Crippen LogP contribution in [0.1, 0.15) is 29.4 Å². The molecule has 0 radical (unpaired) electrons. The van der Waals surface area contributed by atoms with E-state index in [1.807, 2.05) is 6.92 Å². The van der Waals surface area contributed by atoms with Crippen molar-refractivity contribution in [3.63, 3.8) is 0 Å². The molecular weight excluding hydrogens is 243 g/mol. The van der Waals surface area contributed by atoms with Gasteiger partial charge in [0.2, 0.25) is 5.95 Å². The quantitative estimate of drug-likeness (QED) is 0.913. The highest BCUT2D eigenvalue weighted by Crippen LogP contribution is 2.18. The van der Waals surface area contributed by atoms with Crippen LogP contribution in [0.4, 0.5) is 10.3 Å². The largest absolute Gasteiger partial charge is 0.368 e. The predicted octanol–water partition coefficient (Wildman–Crippen LogP) is 2.22. The number of aryl methyl sites for hydroxylation is 1. The summed E-state index contributed by atoms with van der Waals surface area (Å²) in [4.78, 5) is 8.10. The molecule has 19 heavy (non-hydrogen) atoms. The summed E-state index contributed by atoms with van der Waals surface area (Å²) in [6, 6.07) is 8.49. The summed E-state index contributed by atoms with van der Waals surface area (Å²) in [5.74, 6) is -0.205. The molecule has 0 aliphatic carbocycles. The lowest BCUT2D eigenvalue weighted by molar-refractivity contribution is 0.613. The average molecular weight is 256 g/mol. The minimum Gasteiger partial charge on any atom is -0.368 e. The third-order valence-corrected chi connectivity index (χ3v) is 2.84. The normalized spacial score (nSPS) is 10.2. The summed E-state index contributed by atoms with van der Waals surface area (Å²) in [6.07, 6.45) is 0.815. The van der Waals surface area contributed by atoms with Gasteiger partial charge in [-0.1, -0.05) is 25.1 Å². The first kappa shape index (κ1) is 13.0. The van der Waals surface area contributed by atoms with Crippen LogP contribution in [0.5, 0.6) is 0 Å². The summed E-state index contributed by atoms with van der Waals surface area (Å²) in [5.41, 5.74) is 7.57. The molecule has 96 valence electrons. The van der Waals surface area contributed by atoms with Gasteiger partial charge < -0.3 is 5.73 Å². The Morgan fingerprint density at radius 1 is 1.26 bits per heavy atom. The molecule has 0 saturated heterocycles. The number of nitrogens with zero attached hydrogens (tertiary/aromatic N) is 3. The van der Waals surface area contributed by atoms with Gasteiger partial charge in [0.15, 0.2) is 0 Å². The molecule has 1 heterocycles. The van der Waals surface area contributed by atoms with E-state index in [1.165, 1.54) is 6.07 Å². The molecule has 0 spiro atoms. The first-order valence-electron chi connectivity index (χ1n) is 5.94. The Balaban J connectivity index is 2.49. The number of benzene rings is 1. The van der Waals surface area contributed by atoms with Gasteiger partial charge in [-0.3, -0.25) is 0 Å². The Kier molecular flexibility index (Phi) is 3.71. The maximum Gasteiger partial charge on any atom is 0.220 e. The van der Waals surface area contributed by atoms with Crippen LogP contribution < -0.4 is 5.73 Å². The van der Waals surface area contributed by atoms with E-state index < -0.39 is 0 Å². The summed E-state index contributed by atoms with van der Waals surface area (Å²) in [6.45, 7) is 1.88. The van der Waals surface area contributed by atoms with Crippen molar-refractivity contribution in [2.45, 2.75) is 19.8 Å². The maximum atomic E-state index is 13.6. The molecule has 1 aromatic heterocycles. The minimum absolute atomic E-state index is 0.113. The van der Waals surface area contributed by atoms with E-state index in [-0.39, 0.29) is 18.2 Å². The van der Waals surface area contributed by atoms with Crippen molar-refractivity contribution in [1.82, 2.24) is 9.97 Å². The minimum atomic E-state index is -0.318. The third-order valence-electron chi connectivity index (χ3n) is 2.84. The lowest BCUT2D eigenvalue weighted by Crippen LogP contribution is -2.08. The molecule has 0 atom stereocenters. The van der Waals surface area contributed by atoms with Crippen LogP contribution in [-0.2, 0) is 12.8 Å². The van der Waals surface area contributed by atoms with Crippen LogP contribution in [0, 0.1) is 17.1 Å². The Hall–Kier alpha value is -2.48. The van der Waals surface area contributed by atoms with Crippen molar-refractivity contribution in [1.29, 1.82) is 5.26 Å². The van der Waals surface area contributed by atoms with E-state index >= 15 is 0 Å². The molecule has 0 bridgehead atoms. The molecule has 5 heteroatoms. The van der Waals surface area contributed by atoms with Gasteiger partial charge in [0, 0.05) is 6.42 Å². The number of rotatable bonds is 3. The van der Waals surface area contributed by atoms with Crippen LogP contribution in [0.15, 0.2) is 24.3 Å². The molecule has 2 N–H and O–H groups in total. The van der Waals surface area contributed by atoms with E-state index in [0.29, 0.717) is 28.9 Å². The Morgan fingerprint density at radius 2 is 1.95 bits per heavy atom. The fraction of sp³-hybridized carbons (Fsp3) is 0.214. The van der Waals surface area contributed by atoms with E-state index in [0.717, 1.165) is 0 Å². The highest BCUT2D eigenvalue weighted by atomic mass is 19.1. The molecular formula is C14H13FN4. The molecule has 0 aliphatic rings. The van der Waals surface area contributed by atoms with Crippen LogP contribution in [-0.4, -0.2) is 9.97 Å². The second kappa shape index (κ2) is 5.44. The number of anilines is 1. The average Bonchev–Trinajstić information content (AvgIpc) is 2.40. The molecule has 0 amide bonds. The molecule has 0 fully saturated rings. The van der Waals surface area contributed by atoms with Crippen LogP contribution in [0.25, 0.3) is 0 Å². The SMILES string of the molecule is CCc1nc(N)nc(Cc2ccccc2F)c1C#N. The maximum absolute atomic E-state index is 13.6. The first-order valence-corrected chi connectivity index (χ1v) is 5.94. The van der Waals surface area contributed by atoms with Crippen molar-refractivity contribution in [2.24, 2.45) is 0 Å². The van der Waals surface area contributed by atoms with E-state index in [4.69, 9.17) is 5.73 Å². The summed E-state index contributed by atoms with van der Waals surface area (Å²) in [7, 11) is 0. The van der Waals surface area contributed by atoms with Crippen molar-refractivity contribution < 1.29 is 4.39 Å². The number of nitrogen functional groups attached to an aromatic ring is 1.